The summed E-state index contributed by atoms with van der Waals surface area (Å²) in [4.78, 5) is 6.85. The molecule has 102 valence electrons. The predicted molar refractivity (Wildman–Crippen MR) is 69.7 cm³/mol. The van der Waals surface area contributed by atoms with Crippen molar-refractivity contribution >= 4 is 10.0 Å². The van der Waals surface area contributed by atoms with Crippen molar-refractivity contribution in [2.75, 3.05) is 6.54 Å². The number of H-pyrrole nitrogens is 1. The second-order valence-electron chi connectivity index (χ2n) is 5.39. The molecule has 0 amide bonds. The summed E-state index contributed by atoms with van der Waals surface area (Å²) in [7, 11) is -3.44. The largest absolute Gasteiger partial charge is 0.332 e. The van der Waals surface area contributed by atoms with Crippen LogP contribution >= 0.6 is 0 Å². The monoisotopic (exact) mass is 271 g/mol. The van der Waals surface area contributed by atoms with Gasteiger partial charge in [-0.3, -0.25) is 0 Å². The zero-order chi connectivity index (χ0) is 13.2. The van der Waals surface area contributed by atoms with E-state index in [1.165, 1.54) is 19.0 Å². The van der Waals surface area contributed by atoms with Gasteiger partial charge in [0.05, 0.1) is 6.20 Å². The highest BCUT2D eigenvalue weighted by Gasteiger charge is 2.30. The fourth-order valence-corrected chi connectivity index (χ4v) is 3.55. The Kier molecular flexibility index (Phi) is 3.77. The highest BCUT2D eigenvalue weighted by atomic mass is 32.2. The maximum absolute atomic E-state index is 12.1. The maximum atomic E-state index is 12.1. The lowest BCUT2D eigenvalue weighted by atomic mass is 9.89. The van der Waals surface area contributed by atoms with Gasteiger partial charge in [-0.1, -0.05) is 26.7 Å². The fraction of sp³-hybridized carbons (Fsp3) is 0.750. The van der Waals surface area contributed by atoms with Crippen LogP contribution in [0.2, 0.25) is 0 Å². The smallest absolute Gasteiger partial charge is 0.257 e. The van der Waals surface area contributed by atoms with Crippen LogP contribution in [0.15, 0.2) is 11.2 Å². The van der Waals surface area contributed by atoms with Crippen molar-refractivity contribution in [1.29, 1.82) is 0 Å². The minimum atomic E-state index is -3.44. The standard InChI is InChI=1S/C12H21N3O2S/c1-3-10-13-8-11(15-10)18(16,17)14-9-12(2)6-4-5-7-12/h8,14H,3-7,9H2,1-2H3,(H,13,15). The normalized spacial score (nSPS) is 19.2. The average Bonchev–Trinajstić information content (AvgIpc) is 2.96. The SMILES string of the molecule is CCc1ncc(S(=O)(=O)NCC2(C)CCCC2)[nH]1. The minimum Gasteiger partial charge on any atom is -0.332 e. The number of hydrogen-bond acceptors (Lipinski definition) is 3. The third-order valence-corrected chi connectivity index (χ3v) is 5.04. The van der Waals surface area contributed by atoms with E-state index in [1.807, 2.05) is 6.92 Å². The summed E-state index contributed by atoms with van der Waals surface area (Å²) in [6.07, 6.45) is 6.67. The Bertz CT molecular complexity index is 501. The first-order valence-electron chi connectivity index (χ1n) is 6.49. The molecule has 18 heavy (non-hydrogen) atoms. The quantitative estimate of drug-likeness (QED) is 0.858. The molecule has 0 spiro atoms. The van der Waals surface area contributed by atoms with Crippen LogP contribution in [0, 0.1) is 5.41 Å². The molecule has 1 fully saturated rings. The van der Waals surface area contributed by atoms with E-state index < -0.39 is 10.0 Å². The second kappa shape index (κ2) is 5.01. The number of nitrogens with zero attached hydrogens (tertiary/aromatic N) is 1. The molecule has 1 heterocycles. The minimum absolute atomic E-state index is 0.112. The summed E-state index contributed by atoms with van der Waals surface area (Å²) < 4.78 is 26.9. The van der Waals surface area contributed by atoms with Crippen molar-refractivity contribution in [1.82, 2.24) is 14.7 Å². The van der Waals surface area contributed by atoms with Gasteiger partial charge in [-0.05, 0) is 18.3 Å². The summed E-state index contributed by atoms with van der Waals surface area (Å²) in [6.45, 7) is 4.59. The first-order valence-corrected chi connectivity index (χ1v) is 7.97. The van der Waals surface area contributed by atoms with Gasteiger partial charge in [0.2, 0.25) is 0 Å². The summed E-state index contributed by atoms with van der Waals surface area (Å²) in [5.41, 5.74) is 0.112. The Hall–Kier alpha value is -0.880. The molecule has 1 saturated carbocycles. The first-order chi connectivity index (χ1) is 8.45. The van der Waals surface area contributed by atoms with Crippen molar-refractivity contribution in [2.45, 2.75) is 51.0 Å². The Morgan fingerprint density at radius 1 is 1.44 bits per heavy atom. The molecule has 0 bridgehead atoms. The summed E-state index contributed by atoms with van der Waals surface area (Å²) in [6, 6.07) is 0. The van der Waals surface area contributed by atoms with Gasteiger partial charge in [-0.25, -0.2) is 18.1 Å². The van der Waals surface area contributed by atoms with Gasteiger partial charge >= 0.3 is 0 Å². The van der Waals surface area contributed by atoms with Crippen LogP contribution in [0.4, 0.5) is 0 Å². The number of aryl methyl sites for hydroxylation is 1. The summed E-state index contributed by atoms with van der Waals surface area (Å²) >= 11 is 0. The first kappa shape index (κ1) is 13.5. The lowest BCUT2D eigenvalue weighted by Gasteiger charge is -2.23. The number of rotatable bonds is 5. The average molecular weight is 271 g/mol. The Labute approximate surface area is 108 Å². The van der Waals surface area contributed by atoms with Crippen LogP contribution in [-0.4, -0.2) is 24.9 Å². The van der Waals surface area contributed by atoms with E-state index in [9.17, 15) is 8.42 Å². The summed E-state index contributed by atoms with van der Waals surface area (Å²) in [5, 5.41) is 0.168. The van der Waals surface area contributed by atoms with Crippen LogP contribution in [0.1, 0.15) is 45.4 Å². The molecule has 6 heteroatoms. The van der Waals surface area contributed by atoms with Crippen LogP contribution in [0.25, 0.3) is 0 Å². The number of sulfonamides is 1. The van der Waals surface area contributed by atoms with Crippen molar-refractivity contribution in [3.8, 4) is 0 Å². The molecule has 0 aliphatic heterocycles. The fourth-order valence-electron chi connectivity index (χ4n) is 2.41. The predicted octanol–water partition coefficient (Wildman–Crippen LogP) is 1.83. The third-order valence-electron chi connectivity index (χ3n) is 3.73. The molecule has 1 aromatic heterocycles. The Morgan fingerprint density at radius 2 is 2.11 bits per heavy atom. The lowest BCUT2D eigenvalue weighted by Crippen LogP contribution is -2.34. The van der Waals surface area contributed by atoms with Crippen LogP contribution in [-0.2, 0) is 16.4 Å². The zero-order valence-electron chi connectivity index (χ0n) is 11.0. The van der Waals surface area contributed by atoms with Crippen molar-refractivity contribution in [2.24, 2.45) is 5.41 Å². The van der Waals surface area contributed by atoms with Crippen LogP contribution in [0.3, 0.4) is 0 Å². The molecular weight excluding hydrogens is 250 g/mol. The van der Waals surface area contributed by atoms with E-state index in [2.05, 4.69) is 21.6 Å². The molecule has 0 aromatic carbocycles. The lowest BCUT2D eigenvalue weighted by molar-refractivity contribution is 0.336. The third kappa shape index (κ3) is 2.92. The van der Waals surface area contributed by atoms with Crippen LogP contribution < -0.4 is 4.72 Å². The van der Waals surface area contributed by atoms with E-state index >= 15 is 0 Å². The Balaban J connectivity index is 2.03. The molecular formula is C12H21N3O2S. The van der Waals surface area contributed by atoms with Gasteiger partial charge in [0.15, 0.2) is 5.03 Å². The maximum Gasteiger partial charge on any atom is 0.257 e. The number of hydrogen-bond donors (Lipinski definition) is 2. The van der Waals surface area contributed by atoms with Crippen molar-refractivity contribution in [3.63, 3.8) is 0 Å². The van der Waals surface area contributed by atoms with Gasteiger partial charge in [-0.15, -0.1) is 0 Å². The topological polar surface area (TPSA) is 74.8 Å². The van der Waals surface area contributed by atoms with E-state index in [0.29, 0.717) is 18.8 Å². The molecule has 1 aliphatic rings. The molecule has 0 radical (unpaired) electrons. The van der Waals surface area contributed by atoms with Crippen molar-refractivity contribution in [3.05, 3.63) is 12.0 Å². The number of aromatic amines is 1. The van der Waals surface area contributed by atoms with Crippen molar-refractivity contribution < 1.29 is 8.42 Å². The van der Waals surface area contributed by atoms with Gasteiger partial charge in [0.25, 0.3) is 10.0 Å². The molecule has 1 aromatic rings. The van der Waals surface area contributed by atoms with Gasteiger partial charge < -0.3 is 4.98 Å². The van der Waals surface area contributed by atoms with Gasteiger partial charge in [0.1, 0.15) is 5.82 Å². The highest BCUT2D eigenvalue weighted by Crippen LogP contribution is 2.36. The molecule has 0 saturated heterocycles. The van der Waals surface area contributed by atoms with E-state index in [0.717, 1.165) is 12.8 Å². The number of imidazole rings is 1. The molecule has 0 unspecified atom stereocenters. The zero-order valence-corrected chi connectivity index (χ0v) is 11.8. The molecule has 5 nitrogen and oxygen atoms in total. The Morgan fingerprint density at radius 3 is 2.67 bits per heavy atom. The number of nitrogens with one attached hydrogen (secondary N) is 2. The molecule has 2 rings (SSSR count). The van der Waals surface area contributed by atoms with Gasteiger partial charge in [-0.2, -0.15) is 0 Å². The summed E-state index contributed by atoms with van der Waals surface area (Å²) in [5.74, 6) is 0.697. The highest BCUT2D eigenvalue weighted by molar-refractivity contribution is 7.89. The molecule has 0 atom stereocenters. The number of aromatic nitrogens is 2. The molecule has 2 N–H and O–H groups in total. The van der Waals surface area contributed by atoms with E-state index in [-0.39, 0.29) is 10.4 Å². The van der Waals surface area contributed by atoms with E-state index in [4.69, 9.17) is 0 Å². The van der Waals surface area contributed by atoms with Crippen LogP contribution in [0.5, 0.6) is 0 Å². The molecule has 1 aliphatic carbocycles. The van der Waals surface area contributed by atoms with E-state index in [1.54, 1.807) is 0 Å². The van der Waals surface area contributed by atoms with Gasteiger partial charge in [0, 0.05) is 13.0 Å². The second-order valence-corrected chi connectivity index (χ2v) is 7.13.